The number of alkyl halides is 1. The molecule has 0 aliphatic carbocycles. The summed E-state index contributed by atoms with van der Waals surface area (Å²) < 4.78 is 5.11. The molecule has 4 heteroatoms. The summed E-state index contributed by atoms with van der Waals surface area (Å²) in [6.45, 7) is 0. The van der Waals surface area contributed by atoms with Crippen LogP contribution in [0.3, 0.4) is 0 Å². The Kier molecular flexibility index (Phi) is 4.39. The van der Waals surface area contributed by atoms with Crippen LogP contribution in [0.15, 0.2) is 42.5 Å². The molecule has 0 bridgehead atoms. The lowest BCUT2D eigenvalue weighted by atomic mass is 10.0. The highest BCUT2D eigenvalue weighted by molar-refractivity contribution is 6.33. The van der Waals surface area contributed by atoms with E-state index >= 15 is 0 Å². The fraction of sp³-hybridized carbons (Fsp3) is 0.143. The molecule has 0 saturated carbocycles. The molecule has 0 aliphatic rings. The molecule has 1 atom stereocenters. The van der Waals surface area contributed by atoms with Gasteiger partial charge in [0, 0.05) is 5.02 Å². The largest absolute Gasteiger partial charge is 0.495 e. The van der Waals surface area contributed by atoms with Gasteiger partial charge in [-0.2, -0.15) is 0 Å². The smallest absolute Gasteiger partial charge is 0.137 e. The Balaban J connectivity index is 2.37. The Labute approximate surface area is 121 Å². The normalized spacial score (nSPS) is 12.2. The molecule has 0 aromatic heterocycles. The first-order valence-corrected chi connectivity index (χ1v) is 6.54. The van der Waals surface area contributed by atoms with Gasteiger partial charge in [-0.1, -0.05) is 47.5 Å². The first kappa shape index (κ1) is 13.5. The molecule has 0 saturated heterocycles. The predicted molar refractivity (Wildman–Crippen MR) is 77.2 cm³/mol. The van der Waals surface area contributed by atoms with Gasteiger partial charge in [-0.05, 0) is 29.3 Å². The van der Waals surface area contributed by atoms with Crippen molar-refractivity contribution in [3.8, 4) is 5.75 Å². The van der Waals surface area contributed by atoms with Crippen LogP contribution in [-0.4, -0.2) is 7.11 Å². The molecule has 2 rings (SSSR count). The molecule has 0 N–H and O–H groups in total. The van der Waals surface area contributed by atoms with Crippen molar-refractivity contribution in [1.82, 2.24) is 0 Å². The van der Waals surface area contributed by atoms with Crippen molar-refractivity contribution in [2.45, 2.75) is 5.38 Å². The Bertz CT molecular complexity index is 554. The average Bonchev–Trinajstić information content (AvgIpc) is 2.38. The van der Waals surface area contributed by atoms with Crippen LogP contribution in [0, 0.1) is 0 Å². The van der Waals surface area contributed by atoms with Gasteiger partial charge in [-0.15, -0.1) is 11.6 Å². The number of hydrogen-bond donors (Lipinski definition) is 0. The van der Waals surface area contributed by atoms with Crippen molar-refractivity contribution < 1.29 is 4.74 Å². The van der Waals surface area contributed by atoms with Crippen LogP contribution < -0.4 is 4.74 Å². The zero-order valence-corrected chi connectivity index (χ0v) is 11.9. The number of rotatable bonds is 3. The SMILES string of the molecule is COc1ccc(C(Cl)c2ccccc2Cl)cc1Cl. The fourth-order valence-electron chi connectivity index (χ4n) is 1.70. The van der Waals surface area contributed by atoms with E-state index in [0.29, 0.717) is 15.8 Å². The minimum atomic E-state index is -0.331. The molecule has 0 aliphatic heterocycles. The van der Waals surface area contributed by atoms with Crippen molar-refractivity contribution >= 4 is 34.8 Å². The number of ether oxygens (including phenoxy) is 1. The zero-order valence-electron chi connectivity index (χ0n) is 9.66. The second-order valence-electron chi connectivity index (χ2n) is 3.78. The molecule has 0 spiro atoms. The quantitative estimate of drug-likeness (QED) is 0.696. The third-order valence-corrected chi connectivity index (χ3v) is 3.77. The summed E-state index contributed by atoms with van der Waals surface area (Å²) >= 11 is 18.6. The molecule has 0 fully saturated rings. The summed E-state index contributed by atoms with van der Waals surface area (Å²) in [6.07, 6.45) is 0. The fourth-order valence-corrected chi connectivity index (χ4v) is 2.59. The van der Waals surface area contributed by atoms with Gasteiger partial charge < -0.3 is 4.74 Å². The van der Waals surface area contributed by atoms with Crippen LogP contribution in [0.5, 0.6) is 5.75 Å². The van der Waals surface area contributed by atoms with Crippen molar-refractivity contribution in [1.29, 1.82) is 0 Å². The molecule has 1 unspecified atom stereocenters. The summed E-state index contributed by atoms with van der Waals surface area (Å²) in [7, 11) is 1.58. The maximum Gasteiger partial charge on any atom is 0.137 e. The predicted octanol–water partition coefficient (Wildman–Crippen LogP) is 5.33. The molecule has 0 radical (unpaired) electrons. The van der Waals surface area contributed by atoms with Crippen LogP contribution >= 0.6 is 34.8 Å². The molecule has 94 valence electrons. The molecule has 0 amide bonds. The van der Waals surface area contributed by atoms with E-state index in [2.05, 4.69) is 0 Å². The summed E-state index contributed by atoms with van der Waals surface area (Å²) in [4.78, 5) is 0. The van der Waals surface area contributed by atoms with Gasteiger partial charge in [-0.3, -0.25) is 0 Å². The minimum absolute atomic E-state index is 0.331. The van der Waals surface area contributed by atoms with Crippen LogP contribution in [0.4, 0.5) is 0 Å². The highest BCUT2D eigenvalue weighted by Crippen LogP contribution is 2.36. The lowest BCUT2D eigenvalue weighted by Gasteiger charge is -2.13. The highest BCUT2D eigenvalue weighted by Gasteiger charge is 2.15. The lowest BCUT2D eigenvalue weighted by Crippen LogP contribution is -1.95. The van der Waals surface area contributed by atoms with Gasteiger partial charge in [0.1, 0.15) is 5.75 Å². The van der Waals surface area contributed by atoms with Gasteiger partial charge in [0.15, 0.2) is 0 Å². The minimum Gasteiger partial charge on any atom is -0.495 e. The van der Waals surface area contributed by atoms with E-state index in [1.165, 1.54) is 0 Å². The Hall–Kier alpha value is -0.890. The molecule has 18 heavy (non-hydrogen) atoms. The van der Waals surface area contributed by atoms with E-state index in [-0.39, 0.29) is 5.38 Å². The van der Waals surface area contributed by atoms with Gasteiger partial charge in [0.25, 0.3) is 0 Å². The van der Waals surface area contributed by atoms with E-state index in [9.17, 15) is 0 Å². The Morgan fingerprint density at radius 1 is 1.00 bits per heavy atom. The summed E-state index contributed by atoms with van der Waals surface area (Å²) in [5, 5.41) is 0.847. The number of benzene rings is 2. The van der Waals surface area contributed by atoms with Gasteiger partial charge in [0.05, 0.1) is 17.5 Å². The number of hydrogen-bond acceptors (Lipinski definition) is 1. The van der Waals surface area contributed by atoms with Crippen molar-refractivity contribution in [3.63, 3.8) is 0 Å². The molecule has 1 nitrogen and oxygen atoms in total. The second kappa shape index (κ2) is 5.83. The third kappa shape index (κ3) is 2.74. The van der Waals surface area contributed by atoms with Crippen LogP contribution in [-0.2, 0) is 0 Å². The van der Waals surface area contributed by atoms with Crippen molar-refractivity contribution in [2.75, 3.05) is 7.11 Å². The van der Waals surface area contributed by atoms with E-state index in [0.717, 1.165) is 11.1 Å². The van der Waals surface area contributed by atoms with Crippen LogP contribution in [0.2, 0.25) is 10.0 Å². The average molecular weight is 302 g/mol. The van der Waals surface area contributed by atoms with Gasteiger partial charge >= 0.3 is 0 Å². The van der Waals surface area contributed by atoms with Gasteiger partial charge in [-0.25, -0.2) is 0 Å². The molecular formula is C14H11Cl3O. The van der Waals surface area contributed by atoms with E-state index in [1.54, 1.807) is 19.2 Å². The number of halogens is 3. The van der Waals surface area contributed by atoms with Crippen molar-refractivity contribution in [2.24, 2.45) is 0 Å². The first-order valence-electron chi connectivity index (χ1n) is 5.35. The third-order valence-electron chi connectivity index (χ3n) is 2.65. The summed E-state index contributed by atoms with van der Waals surface area (Å²) in [5.41, 5.74) is 1.75. The maximum absolute atomic E-state index is 6.42. The van der Waals surface area contributed by atoms with Gasteiger partial charge in [0.2, 0.25) is 0 Å². The summed E-state index contributed by atoms with van der Waals surface area (Å²) in [6, 6.07) is 13.0. The lowest BCUT2D eigenvalue weighted by molar-refractivity contribution is 0.415. The highest BCUT2D eigenvalue weighted by atomic mass is 35.5. The molecule has 0 heterocycles. The monoisotopic (exact) mass is 300 g/mol. The van der Waals surface area contributed by atoms with Crippen LogP contribution in [0.1, 0.15) is 16.5 Å². The van der Waals surface area contributed by atoms with E-state index in [4.69, 9.17) is 39.5 Å². The Morgan fingerprint density at radius 2 is 1.72 bits per heavy atom. The Morgan fingerprint density at radius 3 is 2.33 bits per heavy atom. The zero-order chi connectivity index (χ0) is 13.1. The first-order chi connectivity index (χ1) is 8.63. The molecule has 2 aromatic rings. The number of methoxy groups -OCH3 is 1. The van der Waals surface area contributed by atoms with E-state index in [1.807, 2.05) is 30.3 Å². The van der Waals surface area contributed by atoms with Crippen molar-refractivity contribution in [3.05, 3.63) is 63.6 Å². The molecular weight excluding hydrogens is 291 g/mol. The maximum atomic E-state index is 6.42. The van der Waals surface area contributed by atoms with Crippen LogP contribution in [0.25, 0.3) is 0 Å². The van der Waals surface area contributed by atoms with E-state index < -0.39 is 0 Å². The second-order valence-corrected chi connectivity index (χ2v) is 5.03. The molecule has 2 aromatic carbocycles. The standard InChI is InChI=1S/C14H11Cl3O/c1-18-13-7-6-9(8-12(13)16)14(17)10-4-2-3-5-11(10)15/h2-8,14H,1H3. The summed E-state index contributed by atoms with van der Waals surface area (Å²) in [5.74, 6) is 0.628. The topological polar surface area (TPSA) is 9.23 Å².